The summed E-state index contributed by atoms with van der Waals surface area (Å²) in [6.45, 7) is 0. The first-order chi connectivity index (χ1) is 9.99. The minimum Gasteiger partial charge on any atom is -0.271 e. The zero-order valence-corrected chi connectivity index (χ0v) is 13.4. The van der Waals surface area contributed by atoms with E-state index in [0.29, 0.717) is 23.4 Å². The molecule has 0 spiro atoms. The molecule has 0 bridgehead atoms. The van der Waals surface area contributed by atoms with Crippen molar-refractivity contribution in [2.24, 2.45) is 5.84 Å². The highest BCUT2D eigenvalue weighted by atomic mass is 79.9. The summed E-state index contributed by atoms with van der Waals surface area (Å²) in [4.78, 5) is 0. The predicted molar refractivity (Wildman–Crippen MR) is 84.0 cm³/mol. The zero-order valence-electron chi connectivity index (χ0n) is 11.0. The third-order valence-corrected chi connectivity index (χ3v) is 4.04. The molecule has 0 saturated heterocycles. The molecule has 2 nitrogen and oxygen atoms in total. The topological polar surface area (TPSA) is 38.0 Å². The molecule has 2 aromatic rings. The van der Waals surface area contributed by atoms with E-state index in [0.717, 1.165) is 10.0 Å². The van der Waals surface area contributed by atoms with Crippen LogP contribution < -0.4 is 11.3 Å². The molecule has 0 radical (unpaired) electrons. The van der Waals surface area contributed by atoms with Gasteiger partial charge in [-0.1, -0.05) is 33.6 Å². The maximum atomic E-state index is 13.8. The van der Waals surface area contributed by atoms with Crippen molar-refractivity contribution < 1.29 is 8.78 Å². The van der Waals surface area contributed by atoms with Crippen LogP contribution in [-0.2, 0) is 12.8 Å². The van der Waals surface area contributed by atoms with Gasteiger partial charge in [-0.15, -0.1) is 0 Å². The van der Waals surface area contributed by atoms with Crippen molar-refractivity contribution in [3.05, 3.63) is 68.7 Å². The third-order valence-electron chi connectivity index (χ3n) is 3.19. The second kappa shape index (κ2) is 7.31. The highest BCUT2D eigenvalue weighted by molar-refractivity contribution is 9.10. The summed E-state index contributed by atoms with van der Waals surface area (Å²) in [6, 6.07) is 8.75. The predicted octanol–water partition coefficient (Wildman–Crippen LogP) is 4.00. The van der Waals surface area contributed by atoms with Crippen molar-refractivity contribution in [2.45, 2.75) is 18.9 Å². The molecule has 0 heterocycles. The highest BCUT2D eigenvalue weighted by Gasteiger charge is 2.14. The quantitative estimate of drug-likeness (QED) is 0.612. The van der Waals surface area contributed by atoms with Crippen LogP contribution in [0.4, 0.5) is 8.78 Å². The van der Waals surface area contributed by atoms with E-state index in [9.17, 15) is 8.78 Å². The van der Waals surface area contributed by atoms with Gasteiger partial charge < -0.3 is 0 Å². The first-order valence-electron chi connectivity index (χ1n) is 6.33. The van der Waals surface area contributed by atoms with Gasteiger partial charge in [-0.2, -0.15) is 0 Å². The maximum Gasteiger partial charge on any atom is 0.126 e. The third kappa shape index (κ3) is 4.48. The Bertz CT molecular complexity index is 637. The van der Waals surface area contributed by atoms with E-state index < -0.39 is 0 Å². The first-order valence-corrected chi connectivity index (χ1v) is 7.50. The monoisotopic (exact) mass is 374 g/mol. The van der Waals surface area contributed by atoms with E-state index in [-0.39, 0.29) is 17.7 Å². The molecule has 0 saturated carbocycles. The molecule has 0 fully saturated rings. The summed E-state index contributed by atoms with van der Waals surface area (Å²) in [7, 11) is 0. The van der Waals surface area contributed by atoms with Crippen LogP contribution in [0.3, 0.4) is 0 Å². The normalized spacial score (nSPS) is 12.4. The fourth-order valence-electron chi connectivity index (χ4n) is 2.11. The summed E-state index contributed by atoms with van der Waals surface area (Å²) < 4.78 is 27.6. The average Bonchev–Trinajstić information content (AvgIpc) is 2.44. The Kier molecular flexibility index (Phi) is 5.70. The Morgan fingerprint density at radius 3 is 2.48 bits per heavy atom. The summed E-state index contributed by atoms with van der Waals surface area (Å²) in [5.41, 5.74) is 3.96. The Balaban J connectivity index is 2.14. The van der Waals surface area contributed by atoms with Gasteiger partial charge in [-0.05, 0) is 54.3 Å². The van der Waals surface area contributed by atoms with Crippen molar-refractivity contribution in [3.63, 3.8) is 0 Å². The lowest BCUT2D eigenvalue weighted by atomic mass is 9.99. The minimum atomic E-state index is -0.390. The molecule has 6 heteroatoms. The highest BCUT2D eigenvalue weighted by Crippen LogP contribution is 2.21. The van der Waals surface area contributed by atoms with Gasteiger partial charge in [0.1, 0.15) is 11.6 Å². The molecular formula is C15H14BrClF2N2. The van der Waals surface area contributed by atoms with Gasteiger partial charge in [0.2, 0.25) is 0 Å². The number of hydrazine groups is 1. The Labute approximate surface area is 135 Å². The van der Waals surface area contributed by atoms with Gasteiger partial charge in [-0.3, -0.25) is 11.3 Å². The number of halogens is 4. The van der Waals surface area contributed by atoms with Crippen LogP contribution in [0.25, 0.3) is 0 Å². The van der Waals surface area contributed by atoms with Gasteiger partial charge in [0.15, 0.2) is 0 Å². The molecule has 0 aliphatic rings. The zero-order chi connectivity index (χ0) is 15.4. The summed E-state index contributed by atoms with van der Waals surface area (Å²) >= 11 is 9.31. The molecule has 0 aromatic heterocycles. The van der Waals surface area contributed by atoms with Crippen LogP contribution in [-0.4, -0.2) is 6.04 Å². The molecule has 21 heavy (non-hydrogen) atoms. The van der Waals surface area contributed by atoms with Gasteiger partial charge in [0.05, 0.1) is 0 Å². The summed E-state index contributed by atoms with van der Waals surface area (Å²) in [6.07, 6.45) is 0.872. The first kappa shape index (κ1) is 16.4. The van der Waals surface area contributed by atoms with Crippen LogP contribution in [0.2, 0.25) is 5.02 Å². The van der Waals surface area contributed by atoms with Gasteiger partial charge in [-0.25, -0.2) is 8.78 Å². The molecule has 0 amide bonds. The fourth-order valence-corrected chi connectivity index (χ4v) is 2.76. The Morgan fingerprint density at radius 1 is 1.10 bits per heavy atom. The molecule has 2 rings (SSSR count). The lowest BCUT2D eigenvalue weighted by molar-refractivity contribution is 0.506. The number of rotatable bonds is 5. The van der Waals surface area contributed by atoms with Gasteiger partial charge >= 0.3 is 0 Å². The second-order valence-corrected chi connectivity index (χ2v) is 6.07. The van der Waals surface area contributed by atoms with E-state index in [2.05, 4.69) is 21.4 Å². The smallest absolute Gasteiger partial charge is 0.126 e. The number of benzene rings is 2. The van der Waals surface area contributed by atoms with E-state index in [4.69, 9.17) is 17.4 Å². The van der Waals surface area contributed by atoms with Crippen LogP contribution in [0.1, 0.15) is 11.1 Å². The molecule has 3 N–H and O–H groups in total. The molecule has 2 aromatic carbocycles. The Hall–Kier alpha value is -1.01. The van der Waals surface area contributed by atoms with Crippen LogP contribution in [0.5, 0.6) is 0 Å². The number of nitrogens with two attached hydrogens (primary N) is 1. The fraction of sp³-hybridized carbons (Fsp3) is 0.200. The van der Waals surface area contributed by atoms with E-state index >= 15 is 0 Å². The number of nitrogens with one attached hydrogen (secondary N) is 1. The van der Waals surface area contributed by atoms with Crippen molar-refractivity contribution in [2.75, 3.05) is 0 Å². The van der Waals surface area contributed by atoms with Crippen molar-refractivity contribution in [1.82, 2.24) is 5.43 Å². The van der Waals surface area contributed by atoms with E-state index in [1.165, 1.54) is 18.2 Å². The number of hydrogen-bond donors (Lipinski definition) is 2. The SMILES string of the molecule is NNC(Cc1cc(Br)ccc1F)Cc1ccc(F)cc1Cl. The lowest BCUT2D eigenvalue weighted by Crippen LogP contribution is -2.38. The molecule has 1 atom stereocenters. The summed E-state index contributed by atoms with van der Waals surface area (Å²) in [5.74, 6) is 4.86. The van der Waals surface area contributed by atoms with Crippen LogP contribution in [0, 0.1) is 11.6 Å². The standard InChI is InChI=1S/C15H14BrClF2N2/c16-11-2-4-15(19)10(5-11)7-13(21-20)6-9-1-3-12(18)8-14(9)17/h1-5,8,13,21H,6-7,20H2. The van der Waals surface area contributed by atoms with Crippen molar-refractivity contribution >= 4 is 27.5 Å². The summed E-state index contributed by atoms with van der Waals surface area (Å²) in [5, 5.41) is 0.338. The minimum absolute atomic E-state index is 0.211. The van der Waals surface area contributed by atoms with E-state index in [1.54, 1.807) is 18.2 Å². The maximum absolute atomic E-state index is 13.8. The van der Waals surface area contributed by atoms with Crippen molar-refractivity contribution in [1.29, 1.82) is 0 Å². The average molecular weight is 376 g/mol. The van der Waals surface area contributed by atoms with Crippen LogP contribution >= 0.6 is 27.5 Å². The van der Waals surface area contributed by atoms with E-state index in [1.807, 2.05) is 0 Å². The molecule has 1 unspecified atom stereocenters. The number of hydrogen-bond acceptors (Lipinski definition) is 2. The largest absolute Gasteiger partial charge is 0.271 e. The second-order valence-electron chi connectivity index (χ2n) is 4.74. The van der Waals surface area contributed by atoms with Gasteiger partial charge in [0.25, 0.3) is 0 Å². The molecular weight excluding hydrogens is 362 g/mol. The molecule has 112 valence electrons. The molecule has 0 aliphatic carbocycles. The van der Waals surface area contributed by atoms with Crippen LogP contribution in [0.15, 0.2) is 40.9 Å². The Morgan fingerprint density at radius 2 is 1.81 bits per heavy atom. The van der Waals surface area contributed by atoms with Gasteiger partial charge in [0, 0.05) is 15.5 Å². The van der Waals surface area contributed by atoms with Crippen molar-refractivity contribution in [3.8, 4) is 0 Å². The molecule has 0 aliphatic heterocycles. The lowest BCUT2D eigenvalue weighted by Gasteiger charge is -2.17.